The molecule has 3 heterocycles. The molecule has 0 saturated heterocycles. The lowest BCUT2D eigenvalue weighted by Crippen LogP contribution is -2.29. The number of aryl methyl sites for hydroxylation is 2. The van der Waals surface area contributed by atoms with Crippen LogP contribution in [0, 0.1) is 0 Å². The fraction of sp³-hybridized carbons (Fsp3) is 0.538. The Labute approximate surface area is 126 Å². The number of hydrazine groups is 1. The molecule has 108 valence electrons. The second kappa shape index (κ2) is 6.26. The highest BCUT2D eigenvalue weighted by molar-refractivity contribution is 7.98. The van der Waals surface area contributed by atoms with E-state index in [1.54, 1.807) is 6.33 Å². The van der Waals surface area contributed by atoms with E-state index in [4.69, 9.17) is 5.84 Å². The van der Waals surface area contributed by atoms with Crippen molar-refractivity contribution in [3.8, 4) is 0 Å². The lowest BCUT2D eigenvalue weighted by molar-refractivity contribution is 0.516. The molecule has 0 aromatic carbocycles. The number of nitrogens with two attached hydrogens (primary N) is 1. The van der Waals surface area contributed by atoms with E-state index >= 15 is 0 Å². The Hall–Kier alpha value is -0.890. The molecule has 3 N–H and O–H groups in total. The molecule has 20 heavy (non-hydrogen) atoms. The van der Waals surface area contributed by atoms with E-state index in [0.717, 1.165) is 24.5 Å². The Morgan fingerprint density at radius 1 is 1.55 bits per heavy atom. The van der Waals surface area contributed by atoms with E-state index in [1.807, 2.05) is 27.8 Å². The van der Waals surface area contributed by atoms with E-state index in [0.29, 0.717) is 0 Å². The number of aromatic nitrogens is 3. The van der Waals surface area contributed by atoms with Crippen molar-refractivity contribution >= 4 is 23.1 Å². The summed E-state index contributed by atoms with van der Waals surface area (Å²) in [4.78, 5) is 7.17. The summed E-state index contributed by atoms with van der Waals surface area (Å²) >= 11 is 3.90. The molecular formula is C13H19N5S2. The summed E-state index contributed by atoms with van der Waals surface area (Å²) in [7, 11) is 0. The van der Waals surface area contributed by atoms with Gasteiger partial charge >= 0.3 is 0 Å². The lowest BCUT2D eigenvalue weighted by Gasteiger charge is -2.13. The minimum absolute atomic E-state index is 0.116. The van der Waals surface area contributed by atoms with Crippen LogP contribution in [0.4, 0.5) is 0 Å². The van der Waals surface area contributed by atoms with Crippen molar-refractivity contribution in [3.05, 3.63) is 33.5 Å². The molecule has 0 radical (unpaired) electrons. The number of thioether (sulfide) groups is 1. The first-order chi connectivity index (χ1) is 9.81. The van der Waals surface area contributed by atoms with Gasteiger partial charge < -0.3 is 0 Å². The summed E-state index contributed by atoms with van der Waals surface area (Å²) in [5.74, 6) is 9.11. The summed E-state index contributed by atoms with van der Waals surface area (Å²) in [5.41, 5.74) is 4.42. The molecule has 0 aliphatic carbocycles. The molecule has 0 spiro atoms. The SMILES string of the molecule is CCn1ncnc1CC(NN)c1cc2c(s1)CCSC2. The van der Waals surface area contributed by atoms with Crippen LogP contribution in [0.2, 0.25) is 0 Å². The van der Waals surface area contributed by atoms with Gasteiger partial charge in [-0.1, -0.05) is 0 Å². The van der Waals surface area contributed by atoms with Gasteiger partial charge in [0.1, 0.15) is 12.2 Å². The third-order valence-electron chi connectivity index (χ3n) is 3.57. The second-order valence-electron chi connectivity index (χ2n) is 4.82. The molecule has 0 amide bonds. The zero-order chi connectivity index (χ0) is 13.9. The van der Waals surface area contributed by atoms with Crippen LogP contribution in [0.3, 0.4) is 0 Å². The van der Waals surface area contributed by atoms with Gasteiger partial charge in [-0.25, -0.2) is 4.98 Å². The molecule has 1 aliphatic rings. The second-order valence-corrected chi connectivity index (χ2v) is 7.09. The van der Waals surface area contributed by atoms with E-state index in [2.05, 4.69) is 28.5 Å². The van der Waals surface area contributed by atoms with Gasteiger partial charge in [0.15, 0.2) is 0 Å². The van der Waals surface area contributed by atoms with Crippen LogP contribution in [0.5, 0.6) is 0 Å². The summed E-state index contributed by atoms with van der Waals surface area (Å²) in [6.07, 6.45) is 3.58. The third-order valence-corrected chi connectivity index (χ3v) is 5.93. The Morgan fingerprint density at radius 3 is 3.20 bits per heavy atom. The highest BCUT2D eigenvalue weighted by Crippen LogP contribution is 2.35. The maximum Gasteiger partial charge on any atom is 0.138 e. The zero-order valence-electron chi connectivity index (χ0n) is 11.5. The molecule has 2 aromatic rings. The van der Waals surface area contributed by atoms with Crippen LogP contribution in [0.25, 0.3) is 0 Å². The summed E-state index contributed by atoms with van der Waals surface area (Å²) in [6, 6.07) is 2.42. The monoisotopic (exact) mass is 309 g/mol. The molecule has 0 fully saturated rings. The molecule has 0 bridgehead atoms. The maximum absolute atomic E-state index is 5.76. The fourth-order valence-corrected chi connectivity index (χ4v) is 4.91. The first kappa shape index (κ1) is 14.1. The van der Waals surface area contributed by atoms with Crippen molar-refractivity contribution in [3.63, 3.8) is 0 Å². The first-order valence-electron chi connectivity index (χ1n) is 6.83. The van der Waals surface area contributed by atoms with E-state index in [-0.39, 0.29) is 6.04 Å². The first-order valence-corrected chi connectivity index (χ1v) is 8.81. The van der Waals surface area contributed by atoms with Crippen molar-refractivity contribution in [1.82, 2.24) is 20.2 Å². The van der Waals surface area contributed by atoms with Crippen molar-refractivity contribution in [2.75, 3.05) is 5.75 Å². The molecule has 3 rings (SSSR count). The van der Waals surface area contributed by atoms with Crippen molar-refractivity contribution in [2.45, 2.75) is 38.1 Å². The third kappa shape index (κ3) is 2.76. The van der Waals surface area contributed by atoms with E-state index in [9.17, 15) is 0 Å². The van der Waals surface area contributed by atoms with Gasteiger partial charge in [-0.3, -0.25) is 16.0 Å². The molecule has 7 heteroatoms. The molecular weight excluding hydrogens is 290 g/mol. The Kier molecular flexibility index (Phi) is 4.40. The Balaban J connectivity index is 1.81. The lowest BCUT2D eigenvalue weighted by atomic mass is 10.1. The average Bonchev–Trinajstić information content (AvgIpc) is 3.10. The smallest absolute Gasteiger partial charge is 0.138 e. The highest BCUT2D eigenvalue weighted by Gasteiger charge is 2.20. The fourth-order valence-electron chi connectivity index (χ4n) is 2.48. The van der Waals surface area contributed by atoms with E-state index in [1.165, 1.54) is 27.5 Å². The highest BCUT2D eigenvalue weighted by atomic mass is 32.2. The minimum Gasteiger partial charge on any atom is -0.271 e. The zero-order valence-corrected chi connectivity index (χ0v) is 13.1. The number of hydrogen-bond donors (Lipinski definition) is 2. The van der Waals surface area contributed by atoms with Crippen molar-refractivity contribution in [2.24, 2.45) is 5.84 Å². The van der Waals surface area contributed by atoms with Gasteiger partial charge in [0.25, 0.3) is 0 Å². The predicted octanol–water partition coefficient (Wildman–Crippen LogP) is 1.90. The van der Waals surface area contributed by atoms with Crippen molar-refractivity contribution < 1.29 is 0 Å². The number of hydrogen-bond acceptors (Lipinski definition) is 6. The van der Waals surface area contributed by atoms with Crippen LogP contribution in [0.15, 0.2) is 12.4 Å². The molecule has 5 nitrogen and oxygen atoms in total. The quantitative estimate of drug-likeness (QED) is 0.652. The molecule has 1 aliphatic heterocycles. The normalized spacial score (nSPS) is 16.1. The van der Waals surface area contributed by atoms with Crippen LogP contribution in [-0.4, -0.2) is 20.5 Å². The number of nitrogens with one attached hydrogen (secondary N) is 1. The topological polar surface area (TPSA) is 68.8 Å². The molecule has 1 atom stereocenters. The Bertz CT molecular complexity index is 554. The van der Waals surface area contributed by atoms with Crippen LogP contribution in [-0.2, 0) is 25.1 Å². The molecule has 1 unspecified atom stereocenters. The predicted molar refractivity (Wildman–Crippen MR) is 83.6 cm³/mol. The van der Waals surface area contributed by atoms with E-state index < -0.39 is 0 Å². The molecule has 0 saturated carbocycles. The van der Waals surface area contributed by atoms with Gasteiger partial charge in [0, 0.05) is 28.5 Å². The standard InChI is InChI=1S/C13H19N5S2/c1-2-18-13(15-8-16-18)6-10(17-14)12-5-9-7-19-4-3-11(9)20-12/h5,8,10,17H,2-4,6-7,14H2,1H3. The van der Waals surface area contributed by atoms with Gasteiger partial charge in [0.2, 0.25) is 0 Å². The van der Waals surface area contributed by atoms with Gasteiger partial charge in [-0.15, -0.1) is 11.3 Å². The van der Waals surface area contributed by atoms with Crippen LogP contribution in [0.1, 0.15) is 34.1 Å². The van der Waals surface area contributed by atoms with Gasteiger partial charge in [0.05, 0.1) is 6.04 Å². The summed E-state index contributed by atoms with van der Waals surface area (Å²) in [5, 5.41) is 4.22. The number of rotatable bonds is 5. The maximum atomic E-state index is 5.76. The number of thiophene rings is 1. The minimum atomic E-state index is 0.116. The van der Waals surface area contributed by atoms with Crippen LogP contribution < -0.4 is 11.3 Å². The number of fused-ring (bicyclic) bond motifs is 1. The van der Waals surface area contributed by atoms with Crippen LogP contribution >= 0.6 is 23.1 Å². The Morgan fingerprint density at radius 2 is 2.45 bits per heavy atom. The average molecular weight is 309 g/mol. The summed E-state index contributed by atoms with van der Waals surface area (Å²) < 4.78 is 1.92. The molecule has 2 aromatic heterocycles. The summed E-state index contributed by atoms with van der Waals surface area (Å²) in [6.45, 7) is 2.91. The largest absolute Gasteiger partial charge is 0.271 e. The van der Waals surface area contributed by atoms with Gasteiger partial charge in [-0.05, 0) is 30.7 Å². The number of nitrogens with zero attached hydrogens (tertiary/aromatic N) is 3. The van der Waals surface area contributed by atoms with Gasteiger partial charge in [-0.2, -0.15) is 16.9 Å². The van der Waals surface area contributed by atoms with Crippen molar-refractivity contribution in [1.29, 1.82) is 0 Å².